The first-order chi connectivity index (χ1) is 17.5. The summed E-state index contributed by atoms with van der Waals surface area (Å²) in [5.41, 5.74) is -4.42. The fraction of sp³-hybridized carbons (Fsp3) is 0.458. The number of carbonyl (C=O) groups excluding carboxylic acids is 1. The number of amides is 1. The third-order valence-corrected chi connectivity index (χ3v) is 7.22. The SMILES string of the molecule is COC(=O)N(Cc1cc(C(F)(F)F)cc(C(F)(F)F)c1)C1CC(C2CC2)Nc2c(Br)cc(C(F)(F)F)cc21. The fourth-order valence-electron chi connectivity index (χ4n) is 4.65. The van der Waals surface area contributed by atoms with Gasteiger partial charge in [-0.05, 0) is 82.6 Å². The second kappa shape index (κ2) is 9.83. The molecule has 2 aromatic carbocycles. The Labute approximate surface area is 219 Å². The van der Waals surface area contributed by atoms with E-state index in [2.05, 4.69) is 21.2 Å². The number of hydrogen-bond donors (Lipinski definition) is 1. The van der Waals surface area contributed by atoms with Crippen molar-refractivity contribution in [1.82, 2.24) is 4.90 Å². The van der Waals surface area contributed by atoms with Crippen molar-refractivity contribution in [3.05, 3.63) is 62.6 Å². The molecule has 1 saturated carbocycles. The standard InChI is InChI=1S/C24H20BrF9N2O2/c1-38-21(37)36(10-11-4-13(22(26,27)28)6-14(5-11)23(29,30)31)19-9-18(12-2-3-12)35-20-16(19)7-15(8-17(20)25)24(32,33)34/h4-8,12,18-19,35H,2-3,9-10H2,1H3. The highest BCUT2D eigenvalue weighted by Crippen LogP contribution is 2.49. The van der Waals surface area contributed by atoms with Crippen LogP contribution in [0.4, 0.5) is 50.0 Å². The Balaban J connectivity index is 1.84. The van der Waals surface area contributed by atoms with E-state index in [0.29, 0.717) is 12.1 Å². The van der Waals surface area contributed by atoms with Gasteiger partial charge in [0.15, 0.2) is 0 Å². The molecule has 208 valence electrons. The van der Waals surface area contributed by atoms with Gasteiger partial charge in [0, 0.05) is 17.1 Å². The van der Waals surface area contributed by atoms with E-state index in [1.807, 2.05) is 0 Å². The van der Waals surface area contributed by atoms with E-state index in [4.69, 9.17) is 4.74 Å². The fourth-order valence-corrected chi connectivity index (χ4v) is 5.24. The van der Waals surface area contributed by atoms with Crippen LogP contribution in [0, 0.1) is 5.92 Å². The van der Waals surface area contributed by atoms with Crippen LogP contribution in [0.5, 0.6) is 0 Å². The topological polar surface area (TPSA) is 41.6 Å². The van der Waals surface area contributed by atoms with Gasteiger partial charge in [0.1, 0.15) is 0 Å². The Bertz CT molecular complexity index is 1190. The first kappa shape index (κ1) is 28.4. The summed E-state index contributed by atoms with van der Waals surface area (Å²) >= 11 is 3.14. The number of carbonyl (C=O) groups is 1. The maximum absolute atomic E-state index is 13.6. The number of nitrogens with one attached hydrogen (secondary N) is 1. The maximum Gasteiger partial charge on any atom is 0.416 e. The number of methoxy groups -OCH3 is 1. The van der Waals surface area contributed by atoms with Gasteiger partial charge in [-0.15, -0.1) is 0 Å². The van der Waals surface area contributed by atoms with E-state index in [0.717, 1.165) is 37.0 Å². The number of halogens is 10. The minimum absolute atomic E-state index is 0.0111. The van der Waals surface area contributed by atoms with Gasteiger partial charge in [-0.1, -0.05) is 0 Å². The predicted molar refractivity (Wildman–Crippen MR) is 121 cm³/mol. The molecule has 38 heavy (non-hydrogen) atoms. The van der Waals surface area contributed by atoms with Crippen LogP contribution >= 0.6 is 15.9 Å². The lowest BCUT2D eigenvalue weighted by Crippen LogP contribution is -2.41. The Hall–Kier alpha value is -2.64. The average Bonchev–Trinajstić information content (AvgIpc) is 3.65. The first-order valence-corrected chi connectivity index (χ1v) is 12.1. The zero-order valence-electron chi connectivity index (χ0n) is 19.5. The second-order valence-corrected chi connectivity index (χ2v) is 10.1. The Kier molecular flexibility index (Phi) is 7.34. The Morgan fingerprint density at radius 1 is 0.921 bits per heavy atom. The molecule has 2 aromatic rings. The molecule has 2 atom stereocenters. The summed E-state index contributed by atoms with van der Waals surface area (Å²) in [6.45, 7) is -0.769. The monoisotopic (exact) mass is 618 g/mol. The third-order valence-electron chi connectivity index (χ3n) is 6.59. The van der Waals surface area contributed by atoms with Crippen molar-refractivity contribution in [3.8, 4) is 0 Å². The highest BCUT2D eigenvalue weighted by Gasteiger charge is 2.43. The number of ether oxygens (including phenoxy) is 1. The van der Waals surface area contributed by atoms with Crippen molar-refractivity contribution in [1.29, 1.82) is 0 Å². The lowest BCUT2D eigenvalue weighted by Gasteiger charge is -2.40. The molecule has 4 rings (SSSR count). The molecule has 0 aromatic heterocycles. The van der Waals surface area contributed by atoms with Crippen LogP contribution < -0.4 is 5.32 Å². The van der Waals surface area contributed by atoms with Crippen LogP contribution in [0.3, 0.4) is 0 Å². The Morgan fingerprint density at radius 3 is 1.92 bits per heavy atom. The summed E-state index contributed by atoms with van der Waals surface area (Å²) in [5, 5.41) is 3.18. The molecule has 0 spiro atoms. The highest BCUT2D eigenvalue weighted by molar-refractivity contribution is 9.10. The normalized spacial score (nSPS) is 20.0. The van der Waals surface area contributed by atoms with Gasteiger partial charge in [-0.3, -0.25) is 4.90 Å². The van der Waals surface area contributed by atoms with Crippen LogP contribution in [0.25, 0.3) is 0 Å². The maximum atomic E-state index is 13.6. The van der Waals surface area contributed by atoms with Crippen LogP contribution in [-0.4, -0.2) is 24.1 Å². The molecular weight excluding hydrogens is 599 g/mol. The van der Waals surface area contributed by atoms with Crippen molar-refractivity contribution in [2.45, 2.75) is 56.4 Å². The molecule has 1 heterocycles. The quantitative estimate of drug-likeness (QED) is 0.350. The van der Waals surface area contributed by atoms with Gasteiger partial charge in [-0.2, -0.15) is 39.5 Å². The second-order valence-electron chi connectivity index (χ2n) is 9.27. The van der Waals surface area contributed by atoms with Crippen LogP contribution in [-0.2, 0) is 29.8 Å². The van der Waals surface area contributed by atoms with Gasteiger partial charge in [-0.25, -0.2) is 4.79 Å². The van der Waals surface area contributed by atoms with Crippen molar-refractivity contribution < 1.29 is 49.0 Å². The zero-order valence-corrected chi connectivity index (χ0v) is 21.1. The third kappa shape index (κ3) is 5.99. The molecule has 1 N–H and O–H groups in total. The summed E-state index contributed by atoms with van der Waals surface area (Å²) in [4.78, 5) is 13.7. The van der Waals surface area contributed by atoms with E-state index in [1.54, 1.807) is 0 Å². The molecule has 2 aliphatic rings. The van der Waals surface area contributed by atoms with Crippen molar-refractivity contribution in [3.63, 3.8) is 0 Å². The van der Waals surface area contributed by atoms with Gasteiger partial charge in [0.25, 0.3) is 0 Å². The van der Waals surface area contributed by atoms with Gasteiger partial charge in [0.05, 0.1) is 35.5 Å². The molecule has 1 amide bonds. The van der Waals surface area contributed by atoms with Gasteiger partial charge in [0.2, 0.25) is 0 Å². The van der Waals surface area contributed by atoms with E-state index in [9.17, 15) is 44.3 Å². The number of alkyl halides is 9. The van der Waals surface area contributed by atoms with E-state index in [1.165, 1.54) is 0 Å². The van der Waals surface area contributed by atoms with Crippen LogP contribution in [0.2, 0.25) is 0 Å². The minimum atomic E-state index is -5.11. The summed E-state index contributed by atoms with van der Waals surface area (Å²) in [6.07, 6.45) is -14.4. The number of fused-ring (bicyclic) bond motifs is 1. The molecule has 1 fully saturated rings. The molecule has 0 saturated heterocycles. The lowest BCUT2D eigenvalue weighted by molar-refractivity contribution is -0.143. The number of rotatable bonds is 4. The summed E-state index contributed by atoms with van der Waals surface area (Å²) < 4.78 is 126. The lowest BCUT2D eigenvalue weighted by atomic mass is 9.88. The smallest absolute Gasteiger partial charge is 0.416 e. The average molecular weight is 619 g/mol. The van der Waals surface area contributed by atoms with E-state index in [-0.39, 0.29) is 40.2 Å². The molecule has 0 radical (unpaired) electrons. The molecule has 4 nitrogen and oxygen atoms in total. The molecule has 0 bridgehead atoms. The highest BCUT2D eigenvalue weighted by atomic mass is 79.9. The van der Waals surface area contributed by atoms with E-state index < -0.39 is 59.5 Å². The first-order valence-electron chi connectivity index (χ1n) is 11.3. The summed E-state index contributed by atoms with van der Waals surface area (Å²) in [7, 11) is 0.963. The van der Waals surface area contributed by atoms with Crippen molar-refractivity contribution in [2.75, 3.05) is 12.4 Å². The largest absolute Gasteiger partial charge is 0.453 e. The van der Waals surface area contributed by atoms with E-state index >= 15 is 0 Å². The predicted octanol–water partition coefficient (Wildman–Crippen LogP) is 8.41. The number of hydrogen-bond acceptors (Lipinski definition) is 3. The van der Waals surface area contributed by atoms with Crippen molar-refractivity contribution >= 4 is 27.7 Å². The number of anilines is 1. The molecule has 14 heteroatoms. The summed E-state index contributed by atoms with van der Waals surface area (Å²) in [5.74, 6) is 0.143. The van der Waals surface area contributed by atoms with Crippen LogP contribution in [0.1, 0.15) is 53.1 Å². The molecule has 1 aliphatic carbocycles. The van der Waals surface area contributed by atoms with Crippen molar-refractivity contribution in [2.24, 2.45) is 5.92 Å². The minimum Gasteiger partial charge on any atom is -0.453 e. The van der Waals surface area contributed by atoms with Crippen LogP contribution in [0.15, 0.2) is 34.8 Å². The number of benzene rings is 2. The molecule has 2 unspecified atom stereocenters. The molecule has 1 aliphatic heterocycles. The van der Waals surface area contributed by atoms with Gasteiger partial charge >= 0.3 is 24.6 Å². The number of nitrogens with zero attached hydrogens (tertiary/aromatic N) is 1. The zero-order chi connectivity index (χ0) is 28.2. The van der Waals surface area contributed by atoms with Gasteiger partial charge < -0.3 is 10.1 Å². The molecular formula is C24H20BrF9N2O2. The summed E-state index contributed by atoms with van der Waals surface area (Å²) in [6, 6.07) is 1.18. The Morgan fingerprint density at radius 2 is 1.45 bits per heavy atom.